The second kappa shape index (κ2) is 6.35. The zero-order valence-electron chi connectivity index (χ0n) is 11.1. The third kappa shape index (κ3) is 3.36. The largest absolute Gasteiger partial charge is 0.351 e. The van der Waals surface area contributed by atoms with Crippen LogP contribution in [0.2, 0.25) is 0 Å². The molecule has 0 aliphatic heterocycles. The number of hydrogen-bond donors (Lipinski definition) is 1. The molecular weight excluding hydrogens is 324 g/mol. The Morgan fingerprint density at radius 2 is 2.10 bits per heavy atom. The van der Waals surface area contributed by atoms with E-state index in [0.717, 1.165) is 18.2 Å². The molecule has 108 valence electrons. The van der Waals surface area contributed by atoms with Gasteiger partial charge >= 0.3 is 0 Å². The summed E-state index contributed by atoms with van der Waals surface area (Å²) in [5.74, 6) is -0.249. The van der Waals surface area contributed by atoms with E-state index in [1.165, 1.54) is 31.0 Å². The molecule has 1 aromatic rings. The molecule has 0 aromatic heterocycles. The van der Waals surface area contributed by atoms with Gasteiger partial charge in [-0.15, -0.1) is 0 Å². The Labute approximate surface area is 126 Å². The van der Waals surface area contributed by atoms with Gasteiger partial charge in [0.2, 0.25) is 0 Å². The molecule has 20 heavy (non-hydrogen) atoms. The number of carbonyl (C=O) groups excluding carboxylic acids is 1. The van der Waals surface area contributed by atoms with Crippen LogP contribution in [0.1, 0.15) is 36.0 Å². The molecular formula is C14H17BrN2O3. The molecule has 1 fully saturated rings. The molecule has 0 radical (unpaired) electrons. The smallest absolute Gasteiger partial charge is 0.270 e. The van der Waals surface area contributed by atoms with Crippen molar-refractivity contribution in [1.82, 2.24) is 5.32 Å². The number of non-ortho nitro benzene ring substituents is 1. The topological polar surface area (TPSA) is 72.2 Å². The summed E-state index contributed by atoms with van der Waals surface area (Å²) < 4.78 is 0. The SMILES string of the molecule is O=C(NCC1(CBr)CCCC1)c1cccc([N+](=O)[O-])c1. The van der Waals surface area contributed by atoms with Gasteiger partial charge in [0.25, 0.3) is 11.6 Å². The summed E-state index contributed by atoms with van der Waals surface area (Å²) in [6.45, 7) is 0.611. The summed E-state index contributed by atoms with van der Waals surface area (Å²) in [6, 6.07) is 5.82. The maximum atomic E-state index is 12.1. The Balaban J connectivity index is 2.01. The monoisotopic (exact) mass is 340 g/mol. The zero-order valence-corrected chi connectivity index (χ0v) is 12.7. The van der Waals surface area contributed by atoms with Crippen molar-refractivity contribution in [2.45, 2.75) is 25.7 Å². The number of nitro benzene ring substituents is 1. The molecule has 1 aliphatic carbocycles. The fourth-order valence-electron chi connectivity index (χ4n) is 2.61. The Bertz CT molecular complexity index is 513. The van der Waals surface area contributed by atoms with Crippen molar-refractivity contribution < 1.29 is 9.72 Å². The molecule has 1 saturated carbocycles. The van der Waals surface area contributed by atoms with E-state index in [4.69, 9.17) is 0 Å². The predicted octanol–water partition coefficient (Wildman–Crippen LogP) is 3.28. The second-order valence-corrected chi connectivity index (χ2v) is 5.89. The minimum atomic E-state index is -0.492. The lowest BCUT2D eigenvalue weighted by atomic mass is 9.89. The van der Waals surface area contributed by atoms with Gasteiger partial charge in [0, 0.05) is 29.6 Å². The van der Waals surface area contributed by atoms with Crippen LogP contribution in [0, 0.1) is 15.5 Å². The molecule has 0 atom stereocenters. The lowest BCUT2D eigenvalue weighted by Crippen LogP contribution is -2.37. The first kappa shape index (κ1) is 15.0. The minimum absolute atomic E-state index is 0.0614. The molecule has 5 nitrogen and oxygen atoms in total. The van der Waals surface area contributed by atoms with E-state index in [9.17, 15) is 14.9 Å². The van der Waals surface area contributed by atoms with Gasteiger partial charge in [-0.1, -0.05) is 34.8 Å². The van der Waals surface area contributed by atoms with Crippen LogP contribution in [-0.2, 0) is 0 Å². The highest BCUT2D eigenvalue weighted by molar-refractivity contribution is 9.09. The number of hydrogen-bond acceptors (Lipinski definition) is 3. The van der Waals surface area contributed by atoms with Gasteiger partial charge in [-0.05, 0) is 24.3 Å². The molecule has 1 amide bonds. The number of benzene rings is 1. The van der Waals surface area contributed by atoms with E-state index in [1.807, 2.05) is 0 Å². The third-order valence-corrected chi connectivity index (χ3v) is 5.08. The van der Waals surface area contributed by atoms with Crippen LogP contribution in [0.4, 0.5) is 5.69 Å². The maximum Gasteiger partial charge on any atom is 0.270 e. The van der Waals surface area contributed by atoms with Crippen LogP contribution in [0.3, 0.4) is 0 Å². The van der Waals surface area contributed by atoms with Gasteiger partial charge in [0.15, 0.2) is 0 Å². The molecule has 0 heterocycles. The number of alkyl halides is 1. The van der Waals surface area contributed by atoms with E-state index in [1.54, 1.807) is 6.07 Å². The Morgan fingerprint density at radius 1 is 1.40 bits per heavy atom. The normalized spacial score (nSPS) is 16.9. The highest BCUT2D eigenvalue weighted by atomic mass is 79.9. The average Bonchev–Trinajstić information content (AvgIpc) is 2.94. The molecule has 1 aliphatic rings. The fraction of sp³-hybridized carbons (Fsp3) is 0.500. The van der Waals surface area contributed by atoms with E-state index < -0.39 is 4.92 Å². The highest BCUT2D eigenvalue weighted by Gasteiger charge is 2.33. The lowest BCUT2D eigenvalue weighted by molar-refractivity contribution is -0.384. The molecule has 1 N–H and O–H groups in total. The molecule has 1 aromatic carbocycles. The predicted molar refractivity (Wildman–Crippen MR) is 80.1 cm³/mol. The van der Waals surface area contributed by atoms with Gasteiger partial charge in [0.05, 0.1) is 4.92 Å². The lowest BCUT2D eigenvalue weighted by Gasteiger charge is -2.26. The molecule has 0 spiro atoms. The number of halogens is 1. The van der Waals surface area contributed by atoms with Gasteiger partial charge in [-0.2, -0.15) is 0 Å². The van der Waals surface area contributed by atoms with E-state index in [0.29, 0.717) is 12.1 Å². The number of nitrogens with one attached hydrogen (secondary N) is 1. The van der Waals surface area contributed by atoms with Crippen LogP contribution in [0.5, 0.6) is 0 Å². The summed E-state index contributed by atoms with van der Waals surface area (Å²) in [5.41, 5.74) is 0.409. The van der Waals surface area contributed by atoms with Gasteiger partial charge < -0.3 is 5.32 Å². The number of rotatable bonds is 5. The van der Waals surface area contributed by atoms with E-state index >= 15 is 0 Å². The number of nitro groups is 1. The van der Waals surface area contributed by atoms with Crippen LogP contribution in [-0.4, -0.2) is 22.7 Å². The Kier molecular flexibility index (Phi) is 4.75. The molecule has 0 unspecified atom stereocenters. The fourth-order valence-corrected chi connectivity index (χ4v) is 3.37. The van der Waals surface area contributed by atoms with Crippen LogP contribution in [0.25, 0.3) is 0 Å². The highest BCUT2D eigenvalue weighted by Crippen LogP contribution is 2.39. The van der Waals surface area contributed by atoms with Crippen LogP contribution >= 0.6 is 15.9 Å². The first-order chi connectivity index (χ1) is 9.56. The first-order valence-electron chi connectivity index (χ1n) is 6.65. The van der Waals surface area contributed by atoms with Gasteiger partial charge in [-0.3, -0.25) is 14.9 Å². The standard InChI is InChI=1S/C14H17BrN2O3/c15-9-14(6-1-2-7-14)10-16-13(18)11-4-3-5-12(8-11)17(19)20/h3-5,8H,1-2,6-7,9-10H2,(H,16,18). The van der Waals surface area contributed by atoms with Crippen molar-refractivity contribution in [3.63, 3.8) is 0 Å². The number of carbonyl (C=O) groups is 1. The first-order valence-corrected chi connectivity index (χ1v) is 7.77. The van der Waals surface area contributed by atoms with Crippen LogP contribution in [0.15, 0.2) is 24.3 Å². The van der Waals surface area contributed by atoms with E-state index in [-0.39, 0.29) is 17.0 Å². The summed E-state index contributed by atoms with van der Waals surface area (Å²) in [5, 5.41) is 14.5. The summed E-state index contributed by atoms with van der Waals surface area (Å²) >= 11 is 3.53. The third-order valence-electron chi connectivity index (χ3n) is 3.89. The molecule has 0 bridgehead atoms. The van der Waals surface area contributed by atoms with Gasteiger partial charge in [0.1, 0.15) is 0 Å². The van der Waals surface area contributed by atoms with E-state index in [2.05, 4.69) is 21.2 Å². The summed E-state index contributed by atoms with van der Waals surface area (Å²) in [7, 11) is 0. The Hall–Kier alpha value is -1.43. The second-order valence-electron chi connectivity index (χ2n) is 5.33. The van der Waals surface area contributed by atoms with Crippen molar-refractivity contribution in [3.05, 3.63) is 39.9 Å². The maximum absolute atomic E-state index is 12.1. The molecule has 2 rings (SSSR count). The number of amides is 1. The Morgan fingerprint density at radius 3 is 2.70 bits per heavy atom. The van der Waals surface area contributed by atoms with Crippen molar-refractivity contribution >= 4 is 27.5 Å². The summed E-state index contributed by atoms with van der Waals surface area (Å²) in [4.78, 5) is 22.3. The minimum Gasteiger partial charge on any atom is -0.351 e. The average molecular weight is 341 g/mol. The van der Waals surface area contributed by atoms with Crippen molar-refractivity contribution in [3.8, 4) is 0 Å². The van der Waals surface area contributed by atoms with Crippen LogP contribution < -0.4 is 5.32 Å². The quantitative estimate of drug-likeness (QED) is 0.507. The van der Waals surface area contributed by atoms with Crippen molar-refractivity contribution in [2.24, 2.45) is 5.41 Å². The zero-order chi connectivity index (χ0) is 14.6. The van der Waals surface area contributed by atoms with Crippen molar-refractivity contribution in [1.29, 1.82) is 0 Å². The van der Waals surface area contributed by atoms with Gasteiger partial charge in [-0.25, -0.2) is 0 Å². The van der Waals surface area contributed by atoms with Crippen molar-refractivity contribution in [2.75, 3.05) is 11.9 Å². The molecule has 0 saturated heterocycles. The molecule has 6 heteroatoms. The number of nitrogens with zero attached hydrogens (tertiary/aromatic N) is 1. The summed E-state index contributed by atoms with van der Waals surface area (Å²) in [6.07, 6.45) is 4.59.